The molecule has 0 bridgehead atoms. The number of halogens is 2. The summed E-state index contributed by atoms with van der Waals surface area (Å²) in [5, 5.41) is 5.18. The fourth-order valence-corrected chi connectivity index (χ4v) is 3.14. The van der Waals surface area contributed by atoms with E-state index in [4.69, 9.17) is 23.2 Å². The van der Waals surface area contributed by atoms with Crippen molar-refractivity contribution < 1.29 is 4.79 Å². The van der Waals surface area contributed by atoms with Gasteiger partial charge >= 0.3 is 0 Å². The predicted octanol–water partition coefficient (Wildman–Crippen LogP) is 4.57. The fraction of sp³-hybridized carbons (Fsp3) is 0.286. The molecule has 20 heavy (non-hydrogen) atoms. The molecule has 0 aliphatic rings. The molecule has 1 heterocycles. The Morgan fingerprint density at radius 3 is 2.75 bits per heavy atom. The number of carbonyl (C=O) groups excluding carboxylic acids is 1. The first-order valence-electron chi connectivity index (χ1n) is 6.25. The summed E-state index contributed by atoms with van der Waals surface area (Å²) in [6.45, 7) is 2.72. The Hall–Kier alpha value is -0.970. The van der Waals surface area contributed by atoms with Crippen LogP contribution in [0.15, 0.2) is 35.4 Å². The molecule has 1 aromatic heterocycles. The zero-order chi connectivity index (χ0) is 14.5. The van der Waals surface area contributed by atoms with Crippen molar-refractivity contribution in [2.75, 3.05) is 5.75 Å². The number of benzene rings is 1. The lowest BCUT2D eigenvalue weighted by atomic mass is 10.3. The maximum atomic E-state index is 12.3. The van der Waals surface area contributed by atoms with Gasteiger partial charge in [-0.15, -0.1) is 11.8 Å². The highest BCUT2D eigenvalue weighted by atomic mass is 35.5. The van der Waals surface area contributed by atoms with E-state index in [1.54, 1.807) is 4.68 Å². The van der Waals surface area contributed by atoms with E-state index in [1.165, 1.54) is 18.0 Å². The predicted molar refractivity (Wildman–Crippen MR) is 84.0 cm³/mol. The van der Waals surface area contributed by atoms with Crippen LogP contribution in [0.4, 0.5) is 0 Å². The second-order valence-corrected chi connectivity index (χ2v) is 6.04. The van der Waals surface area contributed by atoms with Crippen LogP contribution in [0.25, 0.3) is 0 Å². The summed E-state index contributed by atoms with van der Waals surface area (Å²) in [6.07, 6.45) is 2.42. The van der Waals surface area contributed by atoms with Crippen LogP contribution < -0.4 is 0 Å². The maximum Gasteiger partial charge on any atom is 0.192 e. The molecule has 0 aliphatic heterocycles. The lowest BCUT2D eigenvalue weighted by Gasteiger charge is -2.06. The Bertz CT molecular complexity index is 613. The van der Waals surface area contributed by atoms with E-state index in [9.17, 15) is 4.79 Å². The van der Waals surface area contributed by atoms with E-state index in [1.807, 2.05) is 31.2 Å². The van der Waals surface area contributed by atoms with E-state index in [-0.39, 0.29) is 5.78 Å². The van der Waals surface area contributed by atoms with E-state index in [0.717, 1.165) is 11.3 Å². The van der Waals surface area contributed by atoms with E-state index < -0.39 is 0 Å². The molecule has 0 aliphatic carbocycles. The van der Waals surface area contributed by atoms with Crippen LogP contribution in [0, 0.1) is 0 Å². The van der Waals surface area contributed by atoms with Gasteiger partial charge in [-0.2, -0.15) is 5.10 Å². The van der Waals surface area contributed by atoms with Crippen molar-refractivity contribution in [1.29, 1.82) is 0 Å². The van der Waals surface area contributed by atoms with Crippen molar-refractivity contribution in [3.05, 3.63) is 46.2 Å². The Kier molecular flexibility index (Phi) is 5.52. The maximum absolute atomic E-state index is 12.3. The molecule has 0 saturated carbocycles. The standard InChI is InChI=1S/C14H14Cl2N2OS/c1-2-7-18-14(11(16)8-17-18)12(19)9-20-13-6-4-3-5-10(13)15/h3-6,8H,2,7,9H2,1H3. The number of hydrogen-bond acceptors (Lipinski definition) is 3. The number of rotatable bonds is 6. The Morgan fingerprint density at radius 2 is 2.05 bits per heavy atom. The minimum absolute atomic E-state index is 0.0362. The van der Waals surface area contributed by atoms with Gasteiger partial charge < -0.3 is 0 Å². The summed E-state index contributed by atoms with van der Waals surface area (Å²) >= 11 is 13.5. The van der Waals surface area contributed by atoms with Gasteiger partial charge in [0, 0.05) is 11.4 Å². The van der Waals surface area contributed by atoms with Crippen LogP contribution in [-0.4, -0.2) is 21.3 Å². The normalized spacial score (nSPS) is 10.8. The summed E-state index contributed by atoms with van der Waals surface area (Å²) < 4.78 is 1.66. The first-order chi connectivity index (χ1) is 9.63. The average Bonchev–Trinajstić information content (AvgIpc) is 2.79. The highest BCUT2D eigenvalue weighted by Gasteiger charge is 2.17. The lowest BCUT2D eigenvalue weighted by Crippen LogP contribution is -2.12. The minimum atomic E-state index is -0.0362. The number of aryl methyl sites for hydroxylation is 1. The lowest BCUT2D eigenvalue weighted by molar-refractivity contribution is 0.101. The zero-order valence-electron chi connectivity index (χ0n) is 11.0. The highest BCUT2D eigenvalue weighted by Crippen LogP contribution is 2.28. The van der Waals surface area contributed by atoms with Gasteiger partial charge in [0.1, 0.15) is 5.69 Å². The number of ketones is 1. The Balaban J connectivity index is 2.09. The smallest absolute Gasteiger partial charge is 0.192 e. The molecule has 6 heteroatoms. The largest absolute Gasteiger partial charge is 0.291 e. The first kappa shape index (κ1) is 15.4. The van der Waals surface area contributed by atoms with Crippen molar-refractivity contribution in [2.24, 2.45) is 0 Å². The molecule has 0 unspecified atom stereocenters. The van der Waals surface area contributed by atoms with Crippen molar-refractivity contribution in [3.8, 4) is 0 Å². The van der Waals surface area contributed by atoms with Crippen LogP contribution in [-0.2, 0) is 6.54 Å². The Morgan fingerprint density at radius 1 is 1.30 bits per heavy atom. The van der Waals surface area contributed by atoms with Gasteiger partial charge in [-0.3, -0.25) is 9.48 Å². The number of hydrogen-bond donors (Lipinski definition) is 0. The molecule has 106 valence electrons. The van der Waals surface area contributed by atoms with Crippen molar-refractivity contribution in [2.45, 2.75) is 24.8 Å². The van der Waals surface area contributed by atoms with E-state index >= 15 is 0 Å². The SMILES string of the molecule is CCCn1ncc(Cl)c1C(=O)CSc1ccccc1Cl. The molecule has 0 amide bonds. The van der Waals surface area contributed by atoms with Gasteiger partial charge in [0.25, 0.3) is 0 Å². The molecule has 0 N–H and O–H groups in total. The molecule has 0 fully saturated rings. The average molecular weight is 329 g/mol. The third kappa shape index (κ3) is 3.57. The van der Waals surface area contributed by atoms with Crippen molar-refractivity contribution in [3.63, 3.8) is 0 Å². The molecular formula is C14H14Cl2N2OS. The summed E-state index contributed by atoms with van der Waals surface area (Å²) in [6, 6.07) is 7.46. The van der Waals surface area contributed by atoms with Crippen molar-refractivity contribution in [1.82, 2.24) is 9.78 Å². The van der Waals surface area contributed by atoms with E-state index in [0.29, 0.717) is 28.0 Å². The number of thioether (sulfide) groups is 1. The number of Topliss-reactive ketones (excluding diaryl/α,β-unsaturated/α-hetero) is 1. The zero-order valence-corrected chi connectivity index (χ0v) is 13.3. The fourth-order valence-electron chi connectivity index (χ4n) is 1.79. The number of carbonyl (C=O) groups is 1. The number of nitrogens with zero attached hydrogens (tertiary/aromatic N) is 2. The van der Waals surface area contributed by atoms with Gasteiger partial charge in [-0.1, -0.05) is 42.3 Å². The van der Waals surface area contributed by atoms with Crippen molar-refractivity contribution >= 4 is 40.7 Å². The summed E-state index contributed by atoms with van der Waals surface area (Å²) in [4.78, 5) is 13.2. The molecule has 3 nitrogen and oxygen atoms in total. The third-order valence-electron chi connectivity index (χ3n) is 2.69. The molecule has 0 saturated heterocycles. The third-order valence-corrected chi connectivity index (χ3v) is 4.48. The Labute approximate surface area is 132 Å². The molecule has 0 atom stereocenters. The molecule has 2 aromatic rings. The first-order valence-corrected chi connectivity index (χ1v) is 7.99. The second-order valence-electron chi connectivity index (χ2n) is 4.21. The van der Waals surface area contributed by atoms with Crippen LogP contribution >= 0.6 is 35.0 Å². The summed E-state index contributed by atoms with van der Waals surface area (Å²) in [5.41, 5.74) is 0.480. The van der Waals surface area contributed by atoms with Gasteiger partial charge in [-0.25, -0.2) is 0 Å². The van der Waals surface area contributed by atoms with Gasteiger partial charge in [0.05, 0.1) is 22.0 Å². The second kappa shape index (κ2) is 7.16. The highest BCUT2D eigenvalue weighted by molar-refractivity contribution is 8.00. The molecule has 0 spiro atoms. The van der Waals surface area contributed by atoms with Gasteiger partial charge in [-0.05, 0) is 18.6 Å². The molecule has 0 radical (unpaired) electrons. The monoisotopic (exact) mass is 328 g/mol. The van der Waals surface area contributed by atoms with Gasteiger partial charge in [0.2, 0.25) is 0 Å². The van der Waals surface area contributed by atoms with Crippen LogP contribution in [0.5, 0.6) is 0 Å². The van der Waals surface area contributed by atoms with Crippen LogP contribution in [0.2, 0.25) is 10.0 Å². The van der Waals surface area contributed by atoms with Gasteiger partial charge in [0.15, 0.2) is 5.78 Å². The molecule has 2 rings (SSSR count). The quantitative estimate of drug-likeness (QED) is 0.575. The summed E-state index contributed by atoms with van der Waals surface area (Å²) in [5.74, 6) is 0.254. The topological polar surface area (TPSA) is 34.9 Å². The molecule has 1 aromatic carbocycles. The summed E-state index contributed by atoms with van der Waals surface area (Å²) in [7, 11) is 0. The minimum Gasteiger partial charge on any atom is -0.291 e. The van der Waals surface area contributed by atoms with Crippen LogP contribution in [0.1, 0.15) is 23.8 Å². The molecular weight excluding hydrogens is 315 g/mol. The number of aromatic nitrogens is 2. The van der Waals surface area contributed by atoms with E-state index in [2.05, 4.69) is 5.10 Å². The van der Waals surface area contributed by atoms with Crippen LogP contribution in [0.3, 0.4) is 0 Å².